The van der Waals surface area contributed by atoms with Crippen LogP contribution in [-0.2, 0) is 0 Å². The smallest absolute Gasteiger partial charge is 0.335 e. The molecule has 2 aromatic heterocycles. The van der Waals surface area contributed by atoms with E-state index in [1.807, 2.05) is 6.92 Å². The second-order valence-electron chi connectivity index (χ2n) is 8.01. The second kappa shape index (κ2) is 9.72. The number of rotatable bonds is 6. The highest BCUT2D eigenvalue weighted by Crippen LogP contribution is 2.28. The SMILES string of the molecule is C[C@@H]1CC[C@H](COc2ccc(F)cn2)CN1C(=O)c1cc(C(=O)O)ccc1-c1ncccn1. The van der Waals surface area contributed by atoms with Crippen LogP contribution in [-0.4, -0.2) is 56.0 Å². The zero-order valence-electron chi connectivity index (χ0n) is 18.0. The predicted molar refractivity (Wildman–Crippen MR) is 117 cm³/mol. The van der Waals surface area contributed by atoms with Crippen molar-refractivity contribution in [2.24, 2.45) is 5.92 Å². The third kappa shape index (κ3) is 5.14. The molecule has 8 nitrogen and oxygen atoms in total. The normalized spacial score (nSPS) is 18.1. The molecule has 1 saturated heterocycles. The number of benzene rings is 1. The molecule has 1 aliphatic heterocycles. The lowest BCUT2D eigenvalue weighted by Gasteiger charge is -2.38. The Morgan fingerprint density at radius 3 is 2.64 bits per heavy atom. The van der Waals surface area contributed by atoms with Crippen LogP contribution in [0.5, 0.6) is 5.88 Å². The van der Waals surface area contributed by atoms with E-state index in [1.54, 1.807) is 29.4 Å². The third-order valence-corrected chi connectivity index (χ3v) is 5.71. The molecule has 0 spiro atoms. The predicted octanol–water partition coefficient (Wildman–Crippen LogP) is 3.70. The summed E-state index contributed by atoms with van der Waals surface area (Å²) in [5.41, 5.74) is 0.742. The molecule has 0 saturated carbocycles. The summed E-state index contributed by atoms with van der Waals surface area (Å²) in [6.45, 7) is 2.74. The molecule has 2 atom stereocenters. The molecule has 170 valence electrons. The Morgan fingerprint density at radius 1 is 1.15 bits per heavy atom. The van der Waals surface area contributed by atoms with Crippen LogP contribution in [0.3, 0.4) is 0 Å². The molecular formula is C24H23FN4O4. The van der Waals surface area contributed by atoms with Crippen LogP contribution in [0, 0.1) is 11.7 Å². The number of amides is 1. The van der Waals surface area contributed by atoms with Gasteiger partial charge in [-0.25, -0.2) is 24.1 Å². The summed E-state index contributed by atoms with van der Waals surface area (Å²) >= 11 is 0. The van der Waals surface area contributed by atoms with E-state index in [1.165, 1.54) is 24.3 Å². The number of pyridine rings is 1. The monoisotopic (exact) mass is 450 g/mol. The van der Waals surface area contributed by atoms with Gasteiger partial charge in [0.05, 0.1) is 23.9 Å². The van der Waals surface area contributed by atoms with Gasteiger partial charge in [-0.2, -0.15) is 0 Å². The van der Waals surface area contributed by atoms with E-state index >= 15 is 0 Å². The summed E-state index contributed by atoms with van der Waals surface area (Å²) in [6, 6.07) is 8.78. The van der Waals surface area contributed by atoms with Crippen molar-refractivity contribution >= 4 is 11.9 Å². The van der Waals surface area contributed by atoms with E-state index in [0.29, 0.717) is 30.4 Å². The number of hydrogen-bond donors (Lipinski definition) is 1. The summed E-state index contributed by atoms with van der Waals surface area (Å²) in [6.07, 6.45) is 5.86. The minimum Gasteiger partial charge on any atom is -0.478 e. The summed E-state index contributed by atoms with van der Waals surface area (Å²) in [5, 5.41) is 9.45. The standard InChI is InChI=1S/C24H23FN4O4/c1-15-3-4-16(14-33-21-8-6-18(25)12-28-21)13-29(15)23(30)20-11-17(24(31)32)5-7-19(20)22-26-9-2-10-27-22/h2,5-12,15-16H,3-4,13-14H2,1H3,(H,31,32)/t15-,16+/m1/s1. The Morgan fingerprint density at radius 2 is 1.94 bits per heavy atom. The van der Waals surface area contributed by atoms with Gasteiger partial charge in [-0.3, -0.25) is 4.79 Å². The molecule has 1 aliphatic rings. The fourth-order valence-corrected chi connectivity index (χ4v) is 3.89. The molecule has 1 N–H and O–H groups in total. The molecule has 0 unspecified atom stereocenters. The van der Waals surface area contributed by atoms with Gasteiger partial charge in [0.15, 0.2) is 5.82 Å². The van der Waals surface area contributed by atoms with E-state index in [2.05, 4.69) is 15.0 Å². The first-order chi connectivity index (χ1) is 15.9. The summed E-state index contributed by atoms with van der Waals surface area (Å²) < 4.78 is 18.8. The van der Waals surface area contributed by atoms with E-state index in [-0.39, 0.29) is 29.0 Å². The van der Waals surface area contributed by atoms with Gasteiger partial charge in [-0.05, 0) is 50.1 Å². The Kier molecular flexibility index (Phi) is 6.58. The number of aromatic carboxylic acids is 1. The number of halogens is 1. The Bertz CT molecular complexity index is 1140. The number of aromatic nitrogens is 3. The second-order valence-corrected chi connectivity index (χ2v) is 8.01. The van der Waals surface area contributed by atoms with Gasteiger partial charge >= 0.3 is 5.97 Å². The van der Waals surface area contributed by atoms with Gasteiger partial charge in [-0.1, -0.05) is 0 Å². The van der Waals surface area contributed by atoms with Crippen LogP contribution in [0.15, 0.2) is 55.0 Å². The van der Waals surface area contributed by atoms with Crippen molar-refractivity contribution in [3.05, 3.63) is 71.9 Å². The average Bonchev–Trinajstić information content (AvgIpc) is 2.84. The number of likely N-dealkylation sites (tertiary alicyclic amines) is 1. The molecule has 3 heterocycles. The molecular weight excluding hydrogens is 427 g/mol. The lowest BCUT2D eigenvalue weighted by atomic mass is 9.92. The Balaban J connectivity index is 1.57. The highest BCUT2D eigenvalue weighted by atomic mass is 19.1. The average molecular weight is 450 g/mol. The topological polar surface area (TPSA) is 106 Å². The number of carboxylic acids is 1. The number of nitrogens with zero attached hydrogens (tertiary/aromatic N) is 4. The number of hydrogen-bond acceptors (Lipinski definition) is 6. The molecule has 1 amide bonds. The van der Waals surface area contributed by atoms with Gasteiger partial charge in [0.2, 0.25) is 5.88 Å². The van der Waals surface area contributed by atoms with Gasteiger partial charge in [0.1, 0.15) is 5.82 Å². The first-order valence-electron chi connectivity index (χ1n) is 10.6. The maximum atomic E-state index is 13.6. The van der Waals surface area contributed by atoms with Gasteiger partial charge in [0, 0.05) is 42.5 Å². The van der Waals surface area contributed by atoms with E-state index in [9.17, 15) is 19.1 Å². The zero-order valence-corrected chi connectivity index (χ0v) is 18.0. The Labute approximate surface area is 190 Å². The highest BCUT2D eigenvalue weighted by molar-refractivity contribution is 6.02. The number of carboxylic acid groups (broad SMARTS) is 1. The summed E-state index contributed by atoms with van der Waals surface area (Å²) in [5.74, 6) is -1.11. The number of piperidine rings is 1. The lowest BCUT2D eigenvalue weighted by molar-refractivity contribution is 0.0503. The van der Waals surface area contributed by atoms with Crippen LogP contribution >= 0.6 is 0 Å². The van der Waals surface area contributed by atoms with Crippen LogP contribution in [0.4, 0.5) is 4.39 Å². The van der Waals surface area contributed by atoms with Gasteiger partial charge in [-0.15, -0.1) is 0 Å². The van der Waals surface area contributed by atoms with Crippen molar-refractivity contribution in [1.82, 2.24) is 19.9 Å². The zero-order chi connectivity index (χ0) is 23.4. The highest BCUT2D eigenvalue weighted by Gasteiger charge is 2.32. The van der Waals surface area contributed by atoms with Crippen molar-refractivity contribution in [3.63, 3.8) is 0 Å². The first kappa shape index (κ1) is 22.3. The van der Waals surface area contributed by atoms with Crippen molar-refractivity contribution in [2.75, 3.05) is 13.2 Å². The third-order valence-electron chi connectivity index (χ3n) is 5.71. The van der Waals surface area contributed by atoms with E-state index in [0.717, 1.165) is 19.0 Å². The van der Waals surface area contributed by atoms with Crippen LogP contribution < -0.4 is 4.74 Å². The minimum absolute atomic E-state index is 0.0185. The van der Waals surface area contributed by atoms with Crippen molar-refractivity contribution in [1.29, 1.82) is 0 Å². The summed E-state index contributed by atoms with van der Waals surface area (Å²) in [4.78, 5) is 39.3. The Hall–Kier alpha value is -3.88. The first-order valence-corrected chi connectivity index (χ1v) is 10.6. The molecule has 1 aromatic carbocycles. The number of carbonyl (C=O) groups is 2. The molecule has 9 heteroatoms. The maximum Gasteiger partial charge on any atom is 0.335 e. The molecule has 1 fully saturated rings. The largest absolute Gasteiger partial charge is 0.478 e. The fourth-order valence-electron chi connectivity index (χ4n) is 3.89. The van der Waals surface area contributed by atoms with E-state index in [4.69, 9.17) is 4.74 Å². The molecule has 3 aromatic rings. The molecule has 0 bridgehead atoms. The number of ether oxygens (including phenoxy) is 1. The summed E-state index contributed by atoms with van der Waals surface area (Å²) in [7, 11) is 0. The fraction of sp³-hybridized carbons (Fsp3) is 0.292. The van der Waals surface area contributed by atoms with E-state index < -0.39 is 11.8 Å². The molecule has 0 radical (unpaired) electrons. The van der Waals surface area contributed by atoms with Crippen molar-refractivity contribution in [2.45, 2.75) is 25.8 Å². The van der Waals surface area contributed by atoms with Crippen LogP contribution in [0.1, 0.15) is 40.5 Å². The quantitative estimate of drug-likeness (QED) is 0.610. The van der Waals surface area contributed by atoms with Gasteiger partial charge in [0.25, 0.3) is 5.91 Å². The van der Waals surface area contributed by atoms with Crippen molar-refractivity contribution in [3.8, 4) is 17.3 Å². The van der Waals surface area contributed by atoms with Crippen LogP contribution in [0.2, 0.25) is 0 Å². The lowest BCUT2D eigenvalue weighted by Crippen LogP contribution is -2.47. The van der Waals surface area contributed by atoms with Gasteiger partial charge < -0.3 is 14.7 Å². The number of carbonyl (C=O) groups excluding carboxylic acids is 1. The maximum absolute atomic E-state index is 13.6. The minimum atomic E-state index is -1.12. The molecule has 4 rings (SSSR count). The van der Waals surface area contributed by atoms with Crippen LogP contribution in [0.25, 0.3) is 11.4 Å². The van der Waals surface area contributed by atoms with Crippen molar-refractivity contribution < 1.29 is 23.8 Å². The molecule has 33 heavy (non-hydrogen) atoms. The molecule has 0 aliphatic carbocycles.